The number of nitrogens with two attached hydrogens (primary N) is 1. The van der Waals surface area contributed by atoms with Gasteiger partial charge in [0.25, 0.3) is 5.56 Å². The molecule has 2 aromatic heterocycles. The van der Waals surface area contributed by atoms with Gasteiger partial charge in [-0.3, -0.25) is 19.9 Å². The number of hydrogen-bond donors (Lipinski definition) is 7. The minimum atomic E-state index is -0.841. The third-order valence-corrected chi connectivity index (χ3v) is 11.9. The number of nitrogen functional groups attached to an aromatic ring is 1. The highest BCUT2D eigenvalue weighted by Crippen LogP contribution is 2.66. The average Bonchev–Trinajstić information content (AvgIpc) is 3.57. The number of esters is 1. The Hall–Kier alpha value is -4.77. The lowest BCUT2D eigenvalue weighted by atomic mass is 9.43. The van der Waals surface area contributed by atoms with E-state index in [1.54, 1.807) is 31.5 Å². The second-order valence-electron chi connectivity index (χ2n) is 15.0. The summed E-state index contributed by atoms with van der Waals surface area (Å²) >= 11 is 0. The van der Waals surface area contributed by atoms with Crippen LogP contribution in [0.4, 0.5) is 11.8 Å². The number of fused-ring (bicyclic) bond motifs is 1. The summed E-state index contributed by atoms with van der Waals surface area (Å²) in [6.07, 6.45) is 8.94. The Labute approximate surface area is 300 Å². The molecule has 2 aliphatic carbocycles. The molecule has 7 rings (SSSR count). The van der Waals surface area contributed by atoms with Crippen LogP contribution in [0.2, 0.25) is 0 Å². The van der Waals surface area contributed by atoms with Crippen molar-refractivity contribution >= 4 is 41.9 Å². The van der Waals surface area contributed by atoms with Gasteiger partial charge in [-0.2, -0.15) is 0 Å². The van der Waals surface area contributed by atoms with Crippen molar-refractivity contribution in [1.29, 1.82) is 0 Å². The number of H-pyrrole nitrogens is 1. The zero-order valence-electron chi connectivity index (χ0n) is 29.3. The first kappa shape index (κ1) is 35.6. The molecule has 3 aliphatic heterocycles. The van der Waals surface area contributed by atoms with Crippen LogP contribution >= 0.6 is 0 Å². The van der Waals surface area contributed by atoms with E-state index < -0.39 is 46.1 Å². The number of aromatic amines is 1. The van der Waals surface area contributed by atoms with Gasteiger partial charge in [-0.05, 0) is 74.1 Å². The normalized spacial score (nSPS) is 33.9. The maximum absolute atomic E-state index is 13.7. The molecule has 0 aromatic carbocycles. The van der Waals surface area contributed by atoms with E-state index in [4.69, 9.17) is 15.2 Å². The van der Waals surface area contributed by atoms with Crippen LogP contribution in [-0.4, -0.2) is 98.8 Å². The van der Waals surface area contributed by atoms with Crippen LogP contribution in [0, 0.1) is 22.7 Å². The molecule has 9 atom stereocenters. The topological polar surface area (TPSA) is 242 Å². The second kappa shape index (κ2) is 13.7. The molecular weight excluding hydrogens is 670 g/mol. The average molecular weight is 716 g/mol. The number of aromatic nitrogens is 3. The SMILES string of the molecule is CC(NC1CC2[C@](C)(CC[C@@H](O)[C@@]2(C)CO)C(CC(Nc2ccccn2)C2=C/C(=C\c3cnc(N)[nH]c3=O)OC2=O)C12CO2)C(=O)NC1=NCC=N1. The lowest BCUT2D eigenvalue weighted by Crippen LogP contribution is -2.68. The number of aliphatic hydroxyl groups excluding tert-OH is 2. The number of aliphatic hydroxyl groups is 2. The summed E-state index contributed by atoms with van der Waals surface area (Å²) in [5.41, 5.74) is 3.60. The highest BCUT2D eigenvalue weighted by molar-refractivity contribution is 6.04. The molecule has 2 saturated carbocycles. The van der Waals surface area contributed by atoms with Gasteiger partial charge >= 0.3 is 5.97 Å². The van der Waals surface area contributed by atoms with Crippen molar-refractivity contribution in [2.75, 3.05) is 30.8 Å². The molecule has 0 radical (unpaired) electrons. The van der Waals surface area contributed by atoms with Crippen LogP contribution in [0.5, 0.6) is 0 Å². The number of cyclic esters (lactones) is 1. The zero-order valence-corrected chi connectivity index (χ0v) is 29.3. The summed E-state index contributed by atoms with van der Waals surface area (Å²) in [6.45, 7) is 6.49. The fourth-order valence-corrected chi connectivity index (χ4v) is 8.99. The minimum Gasteiger partial charge on any atom is -0.423 e. The highest BCUT2D eigenvalue weighted by Gasteiger charge is 2.71. The standard InChI is InChI=1S/C36H45N9O7/c1-19(29(48)45-33-39-10-11-40-33)42-26-15-24-34(2,8-7-27(47)35(24,3)17-46)25(36(26)18-51-36)14-23(43-28-6-4-5-9-38-28)22-13-21(52-31(22)50)12-20-16-41-32(37)44-30(20)49/h4-6,9-10,12-13,16,19,23-27,42,46-47H,7-8,11,14-15,17-18H2,1-3H3,(H,38,43)(H,40,45,48)(H3,37,41,44,49)/b21-12+/t19?,23?,24?,25?,26?,27-,34+,35+,36?/m1/s1. The van der Waals surface area contributed by atoms with Crippen LogP contribution < -0.4 is 27.2 Å². The van der Waals surface area contributed by atoms with Crippen molar-refractivity contribution in [2.24, 2.45) is 32.7 Å². The fourth-order valence-electron chi connectivity index (χ4n) is 8.99. The molecule has 52 heavy (non-hydrogen) atoms. The molecule has 5 heterocycles. The number of aliphatic imine (C=N–C) groups is 2. The van der Waals surface area contributed by atoms with E-state index in [0.29, 0.717) is 50.2 Å². The molecule has 6 unspecified atom stereocenters. The number of anilines is 2. The Morgan fingerprint density at radius 1 is 1.25 bits per heavy atom. The number of carbonyl (C=O) groups is 2. The largest absolute Gasteiger partial charge is 0.423 e. The first-order chi connectivity index (χ1) is 24.9. The van der Waals surface area contributed by atoms with Gasteiger partial charge in [-0.15, -0.1) is 0 Å². The number of epoxide rings is 1. The van der Waals surface area contributed by atoms with Gasteiger partial charge < -0.3 is 36.1 Å². The van der Waals surface area contributed by atoms with Crippen molar-refractivity contribution in [1.82, 2.24) is 25.6 Å². The van der Waals surface area contributed by atoms with Crippen molar-refractivity contribution < 1.29 is 29.3 Å². The van der Waals surface area contributed by atoms with E-state index in [1.165, 1.54) is 12.3 Å². The Balaban J connectivity index is 1.26. The van der Waals surface area contributed by atoms with Crippen molar-refractivity contribution in [3.05, 3.63) is 63.9 Å². The Bertz CT molecular complexity index is 1910. The number of rotatable bonds is 10. The Morgan fingerprint density at radius 2 is 2.06 bits per heavy atom. The van der Waals surface area contributed by atoms with Crippen molar-refractivity contribution in [2.45, 2.75) is 76.3 Å². The number of guanidine groups is 1. The zero-order chi connectivity index (χ0) is 36.8. The van der Waals surface area contributed by atoms with Gasteiger partial charge in [0.05, 0.1) is 49.1 Å². The number of nitrogens with one attached hydrogen (secondary N) is 4. The lowest BCUT2D eigenvalue weighted by Gasteiger charge is -2.63. The molecule has 2 aromatic rings. The molecule has 16 nitrogen and oxygen atoms in total. The molecule has 5 aliphatic rings. The molecule has 8 N–H and O–H groups in total. The third kappa shape index (κ3) is 6.44. The minimum absolute atomic E-state index is 0.0327. The van der Waals surface area contributed by atoms with Crippen molar-refractivity contribution in [3.8, 4) is 0 Å². The van der Waals surface area contributed by atoms with E-state index in [-0.39, 0.29) is 53.6 Å². The molecule has 1 spiro atoms. The molecule has 276 valence electrons. The number of carbonyl (C=O) groups excluding carboxylic acids is 2. The summed E-state index contributed by atoms with van der Waals surface area (Å²) in [6, 6.07) is 3.81. The number of amides is 1. The number of ether oxygens (including phenoxy) is 2. The van der Waals surface area contributed by atoms with Crippen LogP contribution in [0.15, 0.2) is 62.8 Å². The summed E-state index contributed by atoms with van der Waals surface area (Å²) in [5, 5.41) is 32.0. The number of hydrogen-bond acceptors (Lipinski definition) is 14. The Morgan fingerprint density at radius 3 is 2.73 bits per heavy atom. The van der Waals surface area contributed by atoms with E-state index in [2.05, 4.69) is 47.8 Å². The van der Waals surface area contributed by atoms with Crippen LogP contribution in [0.1, 0.15) is 52.0 Å². The number of nitrogens with zero attached hydrogens (tertiary/aromatic N) is 4. The maximum Gasteiger partial charge on any atom is 0.341 e. The highest BCUT2D eigenvalue weighted by atomic mass is 16.6. The second-order valence-corrected chi connectivity index (χ2v) is 15.0. The monoisotopic (exact) mass is 715 g/mol. The quantitative estimate of drug-likeness (QED) is 0.134. The third-order valence-electron chi connectivity index (χ3n) is 11.9. The summed E-state index contributed by atoms with van der Waals surface area (Å²) in [4.78, 5) is 58.6. The molecule has 0 bridgehead atoms. The summed E-state index contributed by atoms with van der Waals surface area (Å²) < 4.78 is 12.1. The smallest absolute Gasteiger partial charge is 0.341 e. The molecule has 16 heteroatoms. The summed E-state index contributed by atoms with van der Waals surface area (Å²) in [5.74, 6) is -0.369. The van der Waals surface area contributed by atoms with Gasteiger partial charge in [0, 0.05) is 30.1 Å². The molecular formula is C36H45N9O7. The Kier molecular flexibility index (Phi) is 9.35. The fraction of sp³-hybridized carbons (Fsp3) is 0.528. The van der Waals surface area contributed by atoms with Crippen LogP contribution in [0.3, 0.4) is 0 Å². The lowest BCUT2D eigenvalue weighted by molar-refractivity contribution is -0.184. The number of pyridine rings is 1. The van der Waals surface area contributed by atoms with Crippen LogP contribution in [-0.2, 0) is 19.1 Å². The van der Waals surface area contributed by atoms with Crippen molar-refractivity contribution in [3.63, 3.8) is 0 Å². The first-order valence-corrected chi connectivity index (χ1v) is 17.6. The predicted octanol–water partition coefficient (Wildman–Crippen LogP) is 0.910. The van der Waals surface area contributed by atoms with Gasteiger partial charge in [0.2, 0.25) is 11.9 Å². The van der Waals surface area contributed by atoms with Crippen LogP contribution in [0.25, 0.3) is 6.08 Å². The number of allylic oxidation sites excluding steroid dienone is 1. The first-order valence-electron chi connectivity index (χ1n) is 17.6. The van der Waals surface area contributed by atoms with E-state index >= 15 is 0 Å². The van der Waals surface area contributed by atoms with Gasteiger partial charge in [-0.1, -0.05) is 19.9 Å². The molecule has 1 amide bonds. The maximum atomic E-state index is 13.7. The molecule has 3 fully saturated rings. The van der Waals surface area contributed by atoms with E-state index in [9.17, 15) is 24.6 Å². The van der Waals surface area contributed by atoms with E-state index in [0.717, 1.165) is 0 Å². The van der Waals surface area contributed by atoms with Gasteiger partial charge in [0.15, 0.2) is 5.95 Å². The van der Waals surface area contributed by atoms with Gasteiger partial charge in [0.1, 0.15) is 17.2 Å². The predicted molar refractivity (Wildman–Crippen MR) is 192 cm³/mol. The van der Waals surface area contributed by atoms with Gasteiger partial charge in [-0.25, -0.2) is 24.7 Å². The molecule has 1 saturated heterocycles. The van der Waals surface area contributed by atoms with E-state index in [1.807, 2.05) is 19.1 Å². The summed E-state index contributed by atoms with van der Waals surface area (Å²) in [7, 11) is 0.